The first kappa shape index (κ1) is 15.8. The normalized spacial score (nSPS) is 12.0. The van der Waals surface area contributed by atoms with Crippen LogP contribution in [0.4, 0.5) is 4.39 Å². The summed E-state index contributed by atoms with van der Waals surface area (Å²) in [5.74, 6) is 0.447. The second-order valence-corrected chi connectivity index (χ2v) is 4.82. The van der Waals surface area contributed by atoms with E-state index >= 15 is 0 Å². The Morgan fingerprint density at radius 3 is 2.89 bits per heavy atom. The summed E-state index contributed by atoms with van der Waals surface area (Å²) in [6.07, 6.45) is 1.84. The van der Waals surface area contributed by atoms with Crippen molar-refractivity contribution in [2.75, 3.05) is 19.5 Å². The van der Waals surface area contributed by atoms with Crippen LogP contribution in [0.15, 0.2) is 18.2 Å². The summed E-state index contributed by atoms with van der Waals surface area (Å²) in [6, 6.07) is 4.06. The number of nitrogens with one attached hydrogen (secondary N) is 1. The molecule has 0 heterocycles. The van der Waals surface area contributed by atoms with E-state index in [0.717, 1.165) is 12.8 Å². The van der Waals surface area contributed by atoms with Crippen LogP contribution in [0.1, 0.15) is 30.1 Å². The average molecular weight is 288 g/mol. The molecular weight excluding hydrogens is 269 g/mol. The van der Waals surface area contributed by atoms with Crippen LogP contribution in [-0.2, 0) is 0 Å². The Labute approximate surface area is 118 Å². The highest BCUT2D eigenvalue weighted by atomic mass is 35.5. The number of carbonyl (C=O) groups is 1. The maximum Gasteiger partial charge on any atom is 0.251 e. The summed E-state index contributed by atoms with van der Waals surface area (Å²) in [5, 5.41) is 2.79. The number of benzene rings is 1. The number of hydrogen-bond donors (Lipinski definition) is 1. The average Bonchev–Trinajstić information content (AvgIpc) is 2.43. The van der Waals surface area contributed by atoms with E-state index in [1.54, 1.807) is 0 Å². The van der Waals surface area contributed by atoms with Gasteiger partial charge in [-0.05, 0) is 37.0 Å². The Balaban J connectivity index is 2.45. The number of hydrogen-bond acceptors (Lipinski definition) is 2. The van der Waals surface area contributed by atoms with Crippen LogP contribution in [0, 0.1) is 11.7 Å². The fourth-order valence-electron chi connectivity index (χ4n) is 1.63. The molecule has 1 rings (SSSR count). The topological polar surface area (TPSA) is 38.3 Å². The van der Waals surface area contributed by atoms with Gasteiger partial charge in [-0.2, -0.15) is 0 Å². The monoisotopic (exact) mass is 287 g/mol. The van der Waals surface area contributed by atoms with Gasteiger partial charge in [-0.3, -0.25) is 4.79 Å². The Morgan fingerprint density at radius 1 is 1.53 bits per heavy atom. The van der Waals surface area contributed by atoms with Crippen LogP contribution >= 0.6 is 11.6 Å². The van der Waals surface area contributed by atoms with Crippen LogP contribution in [0.5, 0.6) is 5.75 Å². The van der Waals surface area contributed by atoms with E-state index in [9.17, 15) is 9.18 Å². The Hall–Kier alpha value is -1.29. The molecular formula is C14H19ClFNO2. The number of ether oxygens (including phenoxy) is 1. The zero-order valence-corrected chi connectivity index (χ0v) is 12.0. The van der Waals surface area contributed by atoms with Crippen molar-refractivity contribution in [3.8, 4) is 5.75 Å². The molecule has 0 aliphatic heterocycles. The molecule has 0 bridgehead atoms. The molecule has 0 aromatic heterocycles. The quantitative estimate of drug-likeness (QED) is 0.618. The molecule has 1 atom stereocenters. The lowest BCUT2D eigenvalue weighted by Gasteiger charge is -2.09. The number of methoxy groups -OCH3 is 1. The van der Waals surface area contributed by atoms with Crippen LogP contribution < -0.4 is 10.1 Å². The highest BCUT2D eigenvalue weighted by Gasteiger charge is 2.09. The predicted molar refractivity (Wildman–Crippen MR) is 74.4 cm³/mol. The van der Waals surface area contributed by atoms with E-state index in [4.69, 9.17) is 16.3 Å². The molecule has 0 saturated heterocycles. The van der Waals surface area contributed by atoms with Crippen LogP contribution in [0.3, 0.4) is 0 Å². The molecule has 1 unspecified atom stereocenters. The summed E-state index contributed by atoms with van der Waals surface area (Å²) in [4.78, 5) is 11.8. The summed E-state index contributed by atoms with van der Waals surface area (Å²) in [7, 11) is 1.37. The molecule has 1 amide bonds. The predicted octanol–water partition coefficient (Wildman–Crippen LogP) is 3.22. The lowest BCUT2D eigenvalue weighted by atomic mass is 10.1. The van der Waals surface area contributed by atoms with E-state index in [1.807, 2.05) is 0 Å². The summed E-state index contributed by atoms with van der Waals surface area (Å²) >= 11 is 5.70. The second kappa shape index (κ2) is 8.00. The van der Waals surface area contributed by atoms with Crippen molar-refractivity contribution in [2.24, 2.45) is 5.92 Å². The Morgan fingerprint density at radius 2 is 2.26 bits per heavy atom. The lowest BCUT2D eigenvalue weighted by molar-refractivity contribution is 0.0952. The third kappa shape index (κ3) is 5.07. The van der Waals surface area contributed by atoms with Gasteiger partial charge in [0.05, 0.1) is 7.11 Å². The molecule has 5 heteroatoms. The van der Waals surface area contributed by atoms with E-state index in [1.165, 1.54) is 25.3 Å². The van der Waals surface area contributed by atoms with E-state index in [0.29, 0.717) is 23.9 Å². The number of halogens is 2. The number of amides is 1. The molecule has 0 aliphatic carbocycles. The zero-order valence-electron chi connectivity index (χ0n) is 11.2. The summed E-state index contributed by atoms with van der Waals surface area (Å²) < 4.78 is 18.0. The first-order valence-electron chi connectivity index (χ1n) is 6.26. The zero-order chi connectivity index (χ0) is 14.3. The highest BCUT2D eigenvalue weighted by molar-refractivity contribution is 6.18. The van der Waals surface area contributed by atoms with E-state index in [-0.39, 0.29) is 11.7 Å². The Bertz CT molecular complexity index is 426. The molecule has 1 N–H and O–H groups in total. The van der Waals surface area contributed by atoms with Gasteiger partial charge in [-0.15, -0.1) is 11.6 Å². The van der Waals surface area contributed by atoms with Gasteiger partial charge in [0.1, 0.15) is 0 Å². The van der Waals surface area contributed by atoms with Crippen molar-refractivity contribution in [3.63, 3.8) is 0 Å². The van der Waals surface area contributed by atoms with Gasteiger partial charge in [0.15, 0.2) is 11.6 Å². The van der Waals surface area contributed by atoms with Crippen molar-refractivity contribution >= 4 is 17.5 Å². The molecule has 0 saturated carbocycles. The molecule has 1 aromatic carbocycles. The molecule has 19 heavy (non-hydrogen) atoms. The minimum atomic E-state index is -0.477. The van der Waals surface area contributed by atoms with Crippen LogP contribution in [0.2, 0.25) is 0 Å². The molecule has 0 fully saturated rings. The van der Waals surface area contributed by atoms with Crippen LogP contribution in [0.25, 0.3) is 0 Å². The standard InChI is InChI=1S/C14H19ClFNO2/c1-10(9-15)4-3-7-17-14(18)11-5-6-12(16)13(8-11)19-2/h5-6,8,10H,3-4,7,9H2,1-2H3,(H,17,18). The molecule has 0 radical (unpaired) electrons. The highest BCUT2D eigenvalue weighted by Crippen LogP contribution is 2.18. The second-order valence-electron chi connectivity index (χ2n) is 4.51. The van der Waals surface area contributed by atoms with Crippen molar-refractivity contribution in [1.82, 2.24) is 5.32 Å². The number of alkyl halides is 1. The third-order valence-electron chi connectivity index (χ3n) is 2.84. The smallest absolute Gasteiger partial charge is 0.251 e. The van der Waals surface area contributed by atoms with Gasteiger partial charge in [0.2, 0.25) is 0 Å². The van der Waals surface area contributed by atoms with Gasteiger partial charge in [-0.1, -0.05) is 6.92 Å². The van der Waals surface area contributed by atoms with Gasteiger partial charge in [0, 0.05) is 18.0 Å². The van der Waals surface area contributed by atoms with Crippen LogP contribution in [-0.4, -0.2) is 25.4 Å². The van der Waals surface area contributed by atoms with Crippen molar-refractivity contribution in [2.45, 2.75) is 19.8 Å². The molecule has 3 nitrogen and oxygen atoms in total. The summed E-state index contributed by atoms with van der Waals surface area (Å²) in [6.45, 7) is 2.65. The molecule has 1 aromatic rings. The maximum atomic E-state index is 13.2. The fourth-order valence-corrected chi connectivity index (χ4v) is 1.79. The summed E-state index contributed by atoms with van der Waals surface area (Å²) in [5.41, 5.74) is 0.392. The van der Waals surface area contributed by atoms with Crippen molar-refractivity contribution < 1.29 is 13.9 Å². The number of carbonyl (C=O) groups excluding carboxylic acids is 1. The maximum absolute atomic E-state index is 13.2. The van der Waals surface area contributed by atoms with E-state index < -0.39 is 5.82 Å². The van der Waals surface area contributed by atoms with E-state index in [2.05, 4.69) is 12.2 Å². The van der Waals surface area contributed by atoms with Crippen molar-refractivity contribution in [1.29, 1.82) is 0 Å². The first-order valence-corrected chi connectivity index (χ1v) is 6.79. The fraction of sp³-hybridized carbons (Fsp3) is 0.500. The van der Waals surface area contributed by atoms with Gasteiger partial charge in [0.25, 0.3) is 5.91 Å². The molecule has 106 valence electrons. The first-order chi connectivity index (χ1) is 9.08. The minimum absolute atomic E-state index is 0.0726. The SMILES string of the molecule is COc1cc(C(=O)NCCCC(C)CCl)ccc1F. The minimum Gasteiger partial charge on any atom is -0.494 e. The van der Waals surface area contributed by atoms with Gasteiger partial charge < -0.3 is 10.1 Å². The lowest BCUT2D eigenvalue weighted by Crippen LogP contribution is -2.24. The Kier molecular flexibility index (Phi) is 6.64. The van der Waals surface area contributed by atoms with Gasteiger partial charge in [-0.25, -0.2) is 4.39 Å². The molecule has 0 spiro atoms. The third-order valence-corrected chi connectivity index (χ3v) is 3.36. The van der Waals surface area contributed by atoms with Crippen molar-refractivity contribution in [3.05, 3.63) is 29.6 Å². The number of rotatable bonds is 7. The molecule has 0 aliphatic rings. The van der Waals surface area contributed by atoms with Gasteiger partial charge >= 0.3 is 0 Å². The largest absolute Gasteiger partial charge is 0.494 e.